The third-order valence-electron chi connectivity index (χ3n) is 5.27. The zero-order valence-corrected chi connectivity index (χ0v) is 15.7. The number of carbonyl (C=O) groups is 2. The van der Waals surface area contributed by atoms with Gasteiger partial charge in [-0.15, -0.1) is 0 Å². The van der Waals surface area contributed by atoms with Gasteiger partial charge in [0.15, 0.2) is 5.69 Å². The Balaban J connectivity index is 2.00. The third kappa shape index (κ3) is 3.04. The molecule has 150 valence electrons. The monoisotopic (exact) mass is 406 g/mol. The highest BCUT2D eigenvalue weighted by Gasteiger charge is 2.39. The minimum absolute atomic E-state index is 0.0750. The minimum Gasteiger partial charge on any atom is -0.476 e. The molecule has 1 heterocycles. The number of hydrogen-bond acceptors (Lipinski definition) is 3. The number of allylic oxidation sites excluding steroid dienone is 2. The fraction of sp³-hybridized carbons (Fsp3) is 0.0870. The number of carboxylic acid groups (broad SMARTS) is 1. The van der Waals surface area contributed by atoms with Crippen molar-refractivity contribution in [2.24, 2.45) is 0 Å². The summed E-state index contributed by atoms with van der Waals surface area (Å²) in [4.78, 5) is 24.0. The van der Waals surface area contributed by atoms with Crippen LogP contribution in [0.25, 0.3) is 6.08 Å². The molecule has 0 bridgehead atoms. The van der Waals surface area contributed by atoms with Gasteiger partial charge in [-0.25, -0.2) is 13.6 Å². The van der Waals surface area contributed by atoms with E-state index in [1.54, 1.807) is 30.3 Å². The first kappa shape index (κ1) is 19.4. The van der Waals surface area contributed by atoms with Gasteiger partial charge < -0.3 is 5.11 Å². The van der Waals surface area contributed by atoms with Gasteiger partial charge in [-0.3, -0.25) is 4.79 Å². The maximum atomic E-state index is 14.1. The van der Waals surface area contributed by atoms with E-state index in [-0.39, 0.29) is 17.7 Å². The van der Waals surface area contributed by atoms with Crippen LogP contribution in [-0.2, 0) is 11.8 Å². The van der Waals surface area contributed by atoms with Crippen molar-refractivity contribution in [2.45, 2.75) is 11.8 Å². The lowest BCUT2D eigenvalue weighted by Crippen LogP contribution is -2.32. The van der Waals surface area contributed by atoms with Crippen LogP contribution in [0.15, 0.2) is 67.3 Å². The molecule has 7 heteroatoms. The second-order valence-corrected chi connectivity index (χ2v) is 6.97. The highest BCUT2D eigenvalue weighted by molar-refractivity contribution is 5.95. The van der Waals surface area contributed by atoms with Crippen molar-refractivity contribution in [1.29, 1.82) is 0 Å². The van der Waals surface area contributed by atoms with Gasteiger partial charge in [0.25, 0.3) is 5.91 Å². The summed E-state index contributed by atoms with van der Waals surface area (Å²) in [6.45, 7) is 3.44. The van der Waals surface area contributed by atoms with Crippen LogP contribution in [0, 0.1) is 11.6 Å². The van der Waals surface area contributed by atoms with Crippen molar-refractivity contribution in [3.8, 4) is 0 Å². The van der Waals surface area contributed by atoms with Crippen molar-refractivity contribution in [3.63, 3.8) is 0 Å². The number of aromatic nitrogens is 2. The Morgan fingerprint density at radius 2 is 1.70 bits per heavy atom. The number of halogens is 2. The smallest absolute Gasteiger partial charge is 0.357 e. The Morgan fingerprint density at radius 3 is 2.20 bits per heavy atom. The number of rotatable bonds is 4. The van der Waals surface area contributed by atoms with E-state index in [9.17, 15) is 23.5 Å². The van der Waals surface area contributed by atoms with Crippen LogP contribution in [0.1, 0.15) is 37.7 Å². The Bertz CT molecular complexity index is 1180. The van der Waals surface area contributed by atoms with Crippen LogP contribution in [0.3, 0.4) is 0 Å². The van der Waals surface area contributed by atoms with Gasteiger partial charge in [0.1, 0.15) is 11.6 Å². The summed E-state index contributed by atoms with van der Waals surface area (Å²) in [6.07, 6.45) is 4.35. The highest BCUT2D eigenvalue weighted by atomic mass is 19.1. The van der Waals surface area contributed by atoms with E-state index in [1.807, 2.05) is 0 Å². The summed E-state index contributed by atoms with van der Waals surface area (Å²) >= 11 is 0. The first-order valence-electron chi connectivity index (χ1n) is 9.09. The van der Waals surface area contributed by atoms with E-state index in [4.69, 9.17) is 0 Å². The van der Waals surface area contributed by atoms with E-state index in [0.717, 1.165) is 10.8 Å². The summed E-state index contributed by atoms with van der Waals surface area (Å²) in [5.74, 6) is -2.81. The van der Waals surface area contributed by atoms with Gasteiger partial charge in [-0.05, 0) is 41.5 Å². The number of benzene rings is 2. The molecule has 0 unspecified atom stereocenters. The van der Waals surface area contributed by atoms with Gasteiger partial charge in [-0.2, -0.15) is 9.78 Å². The Labute approximate surface area is 170 Å². The second kappa shape index (κ2) is 7.18. The molecule has 0 saturated heterocycles. The average Bonchev–Trinajstić information content (AvgIpc) is 3.12. The lowest BCUT2D eigenvalue weighted by atomic mass is 9.68. The van der Waals surface area contributed by atoms with Gasteiger partial charge in [0.05, 0.1) is 5.69 Å². The molecule has 0 fully saturated rings. The summed E-state index contributed by atoms with van der Waals surface area (Å²) in [7, 11) is 0. The zero-order chi connectivity index (χ0) is 21.5. The van der Waals surface area contributed by atoms with Crippen molar-refractivity contribution >= 4 is 18.0 Å². The molecule has 5 nitrogen and oxygen atoms in total. The molecule has 4 rings (SSSR count). The molecule has 0 atom stereocenters. The molecule has 0 amide bonds. The predicted molar refractivity (Wildman–Crippen MR) is 106 cm³/mol. The van der Waals surface area contributed by atoms with Crippen LogP contribution in [0.2, 0.25) is 0 Å². The molecule has 2 aromatic carbocycles. The third-order valence-corrected chi connectivity index (χ3v) is 5.27. The number of fused-ring (bicyclic) bond motifs is 1. The summed E-state index contributed by atoms with van der Waals surface area (Å²) in [5, 5.41) is 13.4. The van der Waals surface area contributed by atoms with Crippen LogP contribution in [0.4, 0.5) is 8.78 Å². The van der Waals surface area contributed by atoms with Gasteiger partial charge in [-0.1, -0.05) is 43.0 Å². The molecule has 30 heavy (non-hydrogen) atoms. The normalized spacial score (nSPS) is 14.2. The summed E-state index contributed by atoms with van der Waals surface area (Å²) in [5.41, 5.74) is 0.362. The van der Waals surface area contributed by atoms with Crippen molar-refractivity contribution in [1.82, 2.24) is 9.78 Å². The molecule has 0 radical (unpaired) electrons. The molecule has 1 N–H and O–H groups in total. The number of aromatic carboxylic acids is 1. The lowest BCUT2D eigenvalue weighted by Gasteiger charge is -2.35. The molecule has 1 aromatic heterocycles. The standard InChI is InChI=1S/C23H16F2N2O3/c1-2-20(28)27-19-13-23(14-5-3-7-16(24)11-14,15-6-4-8-17(25)12-15)10-9-18(19)21(26-27)22(29)30/h2-12H,1,13H2,(H,29,30). The Kier molecular flexibility index (Phi) is 4.66. The highest BCUT2D eigenvalue weighted by Crippen LogP contribution is 2.42. The SMILES string of the molecule is C=CC(=O)n1nc(C(=O)O)c2c1CC(c1cccc(F)c1)(c1cccc(F)c1)C=C2. The molecular formula is C23H16F2N2O3. The van der Waals surface area contributed by atoms with Crippen molar-refractivity contribution < 1.29 is 23.5 Å². The van der Waals surface area contributed by atoms with Crippen molar-refractivity contribution in [2.75, 3.05) is 0 Å². The fourth-order valence-corrected chi connectivity index (χ4v) is 3.88. The van der Waals surface area contributed by atoms with E-state index in [2.05, 4.69) is 11.7 Å². The van der Waals surface area contributed by atoms with Crippen LogP contribution < -0.4 is 0 Å². The second-order valence-electron chi connectivity index (χ2n) is 6.97. The summed E-state index contributed by atoms with van der Waals surface area (Å²) in [6, 6.07) is 11.8. The largest absolute Gasteiger partial charge is 0.476 e. The quantitative estimate of drug-likeness (QED) is 0.658. The first-order chi connectivity index (χ1) is 14.4. The van der Waals surface area contributed by atoms with E-state index in [0.29, 0.717) is 16.8 Å². The molecule has 0 saturated carbocycles. The van der Waals surface area contributed by atoms with Crippen molar-refractivity contribution in [3.05, 3.63) is 107 Å². The van der Waals surface area contributed by atoms with Crippen LogP contribution in [0.5, 0.6) is 0 Å². The van der Waals surface area contributed by atoms with E-state index >= 15 is 0 Å². The van der Waals surface area contributed by atoms with Gasteiger partial charge in [0, 0.05) is 17.4 Å². The van der Waals surface area contributed by atoms with Gasteiger partial charge >= 0.3 is 5.97 Å². The molecule has 0 spiro atoms. The molecular weight excluding hydrogens is 390 g/mol. The van der Waals surface area contributed by atoms with Crippen LogP contribution in [-0.4, -0.2) is 26.8 Å². The average molecular weight is 406 g/mol. The lowest BCUT2D eigenvalue weighted by molar-refractivity contribution is 0.0689. The summed E-state index contributed by atoms with van der Waals surface area (Å²) < 4.78 is 29.2. The van der Waals surface area contributed by atoms with E-state index < -0.39 is 28.9 Å². The Hall–Kier alpha value is -3.87. The van der Waals surface area contributed by atoms with Gasteiger partial charge in [0.2, 0.25) is 0 Å². The first-order valence-corrected chi connectivity index (χ1v) is 9.09. The topological polar surface area (TPSA) is 72.2 Å². The molecule has 0 aliphatic heterocycles. The predicted octanol–water partition coefficient (Wildman–Crippen LogP) is 4.24. The van der Waals surface area contributed by atoms with E-state index in [1.165, 1.54) is 30.3 Å². The molecule has 1 aliphatic carbocycles. The Morgan fingerprint density at radius 1 is 1.10 bits per heavy atom. The number of carboxylic acids is 1. The van der Waals surface area contributed by atoms with Crippen LogP contribution >= 0.6 is 0 Å². The maximum absolute atomic E-state index is 14.1. The maximum Gasteiger partial charge on any atom is 0.357 e. The molecule has 3 aromatic rings. The number of nitrogens with zero attached hydrogens (tertiary/aromatic N) is 2. The number of hydrogen-bond donors (Lipinski definition) is 1. The molecule has 1 aliphatic rings. The number of carbonyl (C=O) groups excluding carboxylic acids is 1. The zero-order valence-electron chi connectivity index (χ0n) is 15.7. The fourth-order valence-electron chi connectivity index (χ4n) is 3.88. The minimum atomic E-state index is -1.28.